The van der Waals surface area contributed by atoms with Crippen LogP contribution in [0.4, 0.5) is 0 Å². The first-order valence-corrected chi connectivity index (χ1v) is 5.90. The smallest absolute Gasteiger partial charge is 0.339 e. The number of hydrogen-bond acceptors (Lipinski definition) is 2. The van der Waals surface area contributed by atoms with Gasteiger partial charge in [0.2, 0.25) is 0 Å². The molecule has 2 rings (SSSR count). The molecule has 0 saturated heterocycles. The molecule has 0 saturated carbocycles. The van der Waals surface area contributed by atoms with Crippen molar-refractivity contribution in [2.75, 3.05) is 0 Å². The Bertz CT molecular complexity index is 583. The molecular formula is C14H16N2O2. The van der Waals surface area contributed by atoms with Gasteiger partial charge < -0.3 is 5.11 Å². The third-order valence-electron chi connectivity index (χ3n) is 3.07. The minimum Gasteiger partial charge on any atom is -0.478 e. The molecule has 2 aromatic rings. The van der Waals surface area contributed by atoms with Crippen LogP contribution in [0.5, 0.6) is 0 Å². The van der Waals surface area contributed by atoms with E-state index in [1.807, 2.05) is 24.3 Å². The van der Waals surface area contributed by atoms with Crippen molar-refractivity contribution in [1.82, 2.24) is 9.78 Å². The fourth-order valence-electron chi connectivity index (χ4n) is 2.14. The molecule has 0 radical (unpaired) electrons. The van der Waals surface area contributed by atoms with E-state index in [-0.39, 0.29) is 5.56 Å². The minimum absolute atomic E-state index is 0.279. The molecule has 4 heteroatoms. The van der Waals surface area contributed by atoms with Crippen LogP contribution in [0, 0.1) is 6.92 Å². The van der Waals surface area contributed by atoms with Gasteiger partial charge in [-0.2, -0.15) is 5.10 Å². The van der Waals surface area contributed by atoms with E-state index in [9.17, 15) is 9.90 Å². The number of aryl methyl sites for hydroxylation is 3. The predicted molar refractivity (Wildman–Crippen MR) is 69.7 cm³/mol. The van der Waals surface area contributed by atoms with E-state index in [0.717, 1.165) is 12.0 Å². The summed E-state index contributed by atoms with van der Waals surface area (Å²) in [5.74, 6) is -0.935. The summed E-state index contributed by atoms with van der Waals surface area (Å²) in [6, 6.07) is 7.93. The first-order chi connectivity index (χ1) is 8.54. The highest BCUT2D eigenvalue weighted by Crippen LogP contribution is 2.26. The normalized spacial score (nSPS) is 10.6. The summed E-state index contributed by atoms with van der Waals surface area (Å²) in [7, 11) is 1.77. The molecule has 0 spiro atoms. The summed E-state index contributed by atoms with van der Waals surface area (Å²) in [4.78, 5) is 11.3. The molecule has 0 atom stereocenters. The van der Waals surface area contributed by atoms with Gasteiger partial charge in [0.1, 0.15) is 5.56 Å². The fourth-order valence-corrected chi connectivity index (χ4v) is 2.14. The Labute approximate surface area is 106 Å². The summed E-state index contributed by atoms with van der Waals surface area (Å²) < 4.78 is 1.62. The molecule has 18 heavy (non-hydrogen) atoms. The van der Waals surface area contributed by atoms with E-state index < -0.39 is 5.97 Å². The summed E-state index contributed by atoms with van der Waals surface area (Å²) in [5.41, 5.74) is 3.59. The zero-order valence-electron chi connectivity index (χ0n) is 10.8. The summed E-state index contributed by atoms with van der Waals surface area (Å²) in [6.45, 7) is 3.80. The van der Waals surface area contributed by atoms with Crippen molar-refractivity contribution in [2.45, 2.75) is 20.3 Å². The molecule has 0 unspecified atom stereocenters. The van der Waals surface area contributed by atoms with Crippen LogP contribution in [0.2, 0.25) is 0 Å². The molecule has 94 valence electrons. The maximum Gasteiger partial charge on any atom is 0.339 e. The monoisotopic (exact) mass is 244 g/mol. The lowest BCUT2D eigenvalue weighted by molar-refractivity contribution is 0.0697. The Morgan fingerprint density at radius 3 is 2.44 bits per heavy atom. The van der Waals surface area contributed by atoms with Crippen molar-refractivity contribution in [3.63, 3.8) is 0 Å². The standard InChI is InChI=1S/C14H16N2O2/c1-4-10-5-7-11(8-6-10)13-12(14(17)18)9(2)15-16(13)3/h5-8H,4H2,1-3H3,(H,17,18). The van der Waals surface area contributed by atoms with Gasteiger partial charge in [0.15, 0.2) is 0 Å². The van der Waals surface area contributed by atoms with Crippen LogP contribution in [-0.2, 0) is 13.5 Å². The van der Waals surface area contributed by atoms with Crippen molar-refractivity contribution >= 4 is 5.97 Å². The van der Waals surface area contributed by atoms with Gasteiger partial charge in [-0.25, -0.2) is 4.79 Å². The number of rotatable bonds is 3. The second-order valence-electron chi connectivity index (χ2n) is 4.29. The summed E-state index contributed by atoms with van der Waals surface area (Å²) >= 11 is 0. The maximum absolute atomic E-state index is 11.3. The average molecular weight is 244 g/mol. The minimum atomic E-state index is -0.935. The van der Waals surface area contributed by atoms with Crippen LogP contribution in [-0.4, -0.2) is 20.9 Å². The van der Waals surface area contributed by atoms with Crippen LogP contribution in [0.15, 0.2) is 24.3 Å². The SMILES string of the molecule is CCc1ccc(-c2c(C(=O)O)c(C)nn2C)cc1. The van der Waals surface area contributed by atoms with Gasteiger partial charge in [-0.3, -0.25) is 4.68 Å². The van der Waals surface area contributed by atoms with Gasteiger partial charge >= 0.3 is 5.97 Å². The van der Waals surface area contributed by atoms with Crippen LogP contribution >= 0.6 is 0 Å². The lowest BCUT2D eigenvalue weighted by Crippen LogP contribution is -2.01. The first kappa shape index (κ1) is 12.4. The Hall–Kier alpha value is -2.10. The summed E-state index contributed by atoms with van der Waals surface area (Å²) in [6.07, 6.45) is 0.969. The van der Waals surface area contributed by atoms with Crippen LogP contribution in [0.25, 0.3) is 11.3 Å². The van der Waals surface area contributed by atoms with E-state index in [0.29, 0.717) is 11.4 Å². The van der Waals surface area contributed by atoms with Gasteiger partial charge in [-0.1, -0.05) is 31.2 Å². The molecule has 1 aromatic carbocycles. The Balaban J connectivity index is 2.59. The van der Waals surface area contributed by atoms with Gasteiger partial charge in [0, 0.05) is 12.6 Å². The second-order valence-corrected chi connectivity index (χ2v) is 4.29. The van der Waals surface area contributed by atoms with Gasteiger partial charge in [-0.05, 0) is 18.9 Å². The molecule has 0 aliphatic rings. The Morgan fingerprint density at radius 1 is 1.33 bits per heavy atom. The number of carboxylic acids is 1. The van der Waals surface area contributed by atoms with E-state index in [2.05, 4.69) is 12.0 Å². The summed E-state index contributed by atoms with van der Waals surface area (Å²) in [5, 5.41) is 13.5. The number of carbonyl (C=O) groups is 1. The molecular weight excluding hydrogens is 228 g/mol. The van der Waals surface area contributed by atoms with E-state index in [1.165, 1.54) is 5.56 Å². The molecule has 0 fully saturated rings. The average Bonchev–Trinajstić information content (AvgIpc) is 2.64. The Kier molecular flexibility index (Phi) is 3.19. The lowest BCUT2D eigenvalue weighted by atomic mass is 10.0. The molecule has 4 nitrogen and oxygen atoms in total. The van der Waals surface area contributed by atoms with Gasteiger partial charge in [-0.15, -0.1) is 0 Å². The number of nitrogens with zero attached hydrogens (tertiary/aromatic N) is 2. The molecule has 0 aliphatic carbocycles. The van der Waals surface area contributed by atoms with E-state index >= 15 is 0 Å². The highest BCUT2D eigenvalue weighted by Gasteiger charge is 2.20. The van der Waals surface area contributed by atoms with Crippen molar-refractivity contribution in [2.24, 2.45) is 7.05 Å². The number of benzene rings is 1. The number of aromatic nitrogens is 2. The van der Waals surface area contributed by atoms with Crippen LogP contribution in [0.3, 0.4) is 0 Å². The highest BCUT2D eigenvalue weighted by molar-refractivity contribution is 5.96. The van der Waals surface area contributed by atoms with Crippen molar-refractivity contribution < 1.29 is 9.90 Å². The van der Waals surface area contributed by atoms with Crippen LogP contribution < -0.4 is 0 Å². The van der Waals surface area contributed by atoms with Gasteiger partial charge in [0.25, 0.3) is 0 Å². The predicted octanol–water partition coefficient (Wildman–Crippen LogP) is 2.66. The maximum atomic E-state index is 11.3. The van der Waals surface area contributed by atoms with Gasteiger partial charge in [0.05, 0.1) is 11.4 Å². The molecule has 1 aromatic heterocycles. The molecule has 0 bridgehead atoms. The topological polar surface area (TPSA) is 55.1 Å². The number of hydrogen-bond donors (Lipinski definition) is 1. The Morgan fingerprint density at radius 2 is 1.94 bits per heavy atom. The second kappa shape index (κ2) is 4.64. The molecule has 0 amide bonds. The molecule has 0 aliphatic heterocycles. The van der Waals surface area contributed by atoms with Crippen molar-refractivity contribution in [3.05, 3.63) is 41.1 Å². The molecule has 1 heterocycles. The third-order valence-corrected chi connectivity index (χ3v) is 3.07. The fraction of sp³-hybridized carbons (Fsp3) is 0.286. The number of aromatic carboxylic acids is 1. The third kappa shape index (κ3) is 2.01. The highest BCUT2D eigenvalue weighted by atomic mass is 16.4. The van der Waals surface area contributed by atoms with Crippen molar-refractivity contribution in [3.8, 4) is 11.3 Å². The number of carboxylic acid groups (broad SMARTS) is 1. The van der Waals surface area contributed by atoms with E-state index in [4.69, 9.17) is 0 Å². The largest absolute Gasteiger partial charge is 0.478 e. The first-order valence-electron chi connectivity index (χ1n) is 5.90. The van der Waals surface area contributed by atoms with Crippen molar-refractivity contribution in [1.29, 1.82) is 0 Å². The lowest BCUT2D eigenvalue weighted by Gasteiger charge is -2.05. The van der Waals surface area contributed by atoms with Crippen LogP contribution in [0.1, 0.15) is 28.5 Å². The quantitative estimate of drug-likeness (QED) is 0.903. The van der Waals surface area contributed by atoms with E-state index in [1.54, 1.807) is 18.7 Å². The zero-order valence-corrected chi connectivity index (χ0v) is 10.8. The zero-order chi connectivity index (χ0) is 13.3. The molecule has 1 N–H and O–H groups in total.